The highest BCUT2D eigenvalue weighted by atomic mass is 35.5. The molecule has 0 aromatic carbocycles. The van der Waals surface area contributed by atoms with Crippen LogP contribution in [0.1, 0.15) is 52.4 Å². The van der Waals surface area contributed by atoms with E-state index in [0.29, 0.717) is 0 Å². The number of halogens is 2. The molecule has 0 aliphatic heterocycles. The Kier molecular flexibility index (Phi) is 11.5. The number of rotatable bonds is 10. The Balaban J connectivity index is 3.27. The van der Waals surface area contributed by atoms with Gasteiger partial charge in [-0.05, 0) is 25.7 Å². The molecule has 90 valence electrons. The molecule has 2 unspecified atom stereocenters. The fourth-order valence-corrected chi connectivity index (χ4v) is 1.49. The van der Waals surface area contributed by atoms with Gasteiger partial charge in [-0.15, -0.1) is 0 Å². The van der Waals surface area contributed by atoms with E-state index in [-0.39, 0.29) is 18.8 Å². The SMILES string of the molecule is CCCCC(Cl)OBOC(Cl)CCCC. The van der Waals surface area contributed by atoms with Crippen molar-refractivity contribution in [3.8, 4) is 0 Å². The lowest BCUT2D eigenvalue weighted by molar-refractivity contribution is 0.177. The normalized spacial score (nSPS) is 14.9. The third-order valence-electron chi connectivity index (χ3n) is 2.07. The van der Waals surface area contributed by atoms with Gasteiger partial charge in [0.15, 0.2) is 0 Å². The van der Waals surface area contributed by atoms with Crippen LogP contribution in [0.25, 0.3) is 0 Å². The average molecular weight is 255 g/mol. The van der Waals surface area contributed by atoms with Crippen molar-refractivity contribution in [1.29, 1.82) is 0 Å². The third-order valence-corrected chi connectivity index (χ3v) is 2.76. The van der Waals surface area contributed by atoms with Crippen LogP contribution in [-0.2, 0) is 9.31 Å². The maximum absolute atomic E-state index is 5.90. The summed E-state index contributed by atoms with van der Waals surface area (Å²) in [6.07, 6.45) is 6.14. The average Bonchev–Trinajstić information content (AvgIpc) is 2.23. The fourth-order valence-electron chi connectivity index (χ4n) is 1.08. The predicted molar refractivity (Wildman–Crippen MR) is 67.7 cm³/mol. The van der Waals surface area contributed by atoms with Gasteiger partial charge in [0, 0.05) is 0 Å². The minimum atomic E-state index is -0.250. The van der Waals surface area contributed by atoms with Gasteiger partial charge in [0.05, 0.1) is 0 Å². The zero-order chi connectivity index (χ0) is 11.5. The number of hydrogen-bond donors (Lipinski definition) is 0. The van der Waals surface area contributed by atoms with Crippen LogP contribution in [0.15, 0.2) is 0 Å². The Hall–Kier alpha value is 0.565. The van der Waals surface area contributed by atoms with Crippen LogP contribution in [0.4, 0.5) is 0 Å². The van der Waals surface area contributed by atoms with Crippen molar-refractivity contribution in [3.05, 3.63) is 0 Å². The van der Waals surface area contributed by atoms with Crippen molar-refractivity contribution in [2.45, 2.75) is 63.5 Å². The molecule has 0 aliphatic carbocycles. The van der Waals surface area contributed by atoms with E-state index in [1.54, 1.807) is 0 Å². The highest BCUT2D eigenvalue weighted by molar-refractivity contribution is 6.27. The highest BCUT2D eigenvalue weighted by Crippen LogP contribution is 2.11. The fraction of sp³-hybridized carbons (Fsp3) is 1.00. The summed E-state index contributed by atoms with van der Waals surface area (Å²) in [7, 11) is 0.190. The van der Waals surface area contributed by atoms with E-state index in [2.05, 4.69) is 13.8 Å². The standard InChI is InChI=1S/C10H21BCl2O2/c1-3-5-7-9(12)14-11-15-10(13)8-6-4-2/h9-11H,3-8H2,1-2H3. The smallest absolute Gasteiger partial charge is 0.397 e. The maximum Gasteiger partial charge on any atom is 0.440 e. The van der Waals surface area contributed by atoms with Gasteiger partial charge in [-0.3, -0.25) is 0 Å². The first kappa shape index (κ1) is 15.6. The van der Waals surface area contributed by atoms with Crippen LogP contribution in [0, 0.1) is 0 Å². The Labute approximate surface area is 104 Å². The van der Waals surface area contributed by atoms with E-state index in [4.69, 9.17) is 32.5 Å². The molecule has 0 radical (unpaired) electrons. The van der Waals surface area contributed by atoms with E-state index >= 15 is 0 Å². The molecule has 0 spiro atoms. The van der Waals surface area contributed by atoms with Gasteiger partial charge in [-0.1, -0.05) is 49.9 Å². The van der Waals surface area contributed by atoms with Gasteiger partial charge in [0.1, 0.15) is 11.1 Å². The van der Waals surface area contributed by atoms with E-state index < -0.39 is 0 Å². The summed E-state index contributed by atoms with van der Waals surface area (Å²) in [6, 6.07) is 0. The predicted octanol–water partition coefficient (Wildman–Crippen LogP) is 3.80. The zero-order valence-corrected chi connectivity index (χ0v) is 11.2. The Morgan fingerprint density at radius 1 is 0.933 bits per heavy atom. The molecule has 0 saturated carbocycles. The molecule has 5 heteroatoms. The first-order valence-corrected chi connectivity index (χ1v) is 6.59. The summed E-state index contributed by atoms with van der Waals surface area (Å²) in [5, 5.41) is 0. The molecule has 0 N–H and O–H groups in total. The second kappa shape index (κ2) is 11.1. The Morgan fingerprint density at radius 3 is 1.67 bits per heavy atom. The van der Waals surface area contributed by atoms with Crippen molar-refractivity contribution >= 4 is 30.9 Å². The Bertz CT molecular complexity index is 125. The van der Waals surface area contributed by atoms with Crippen LogP contribution >= 0.6 is 23.2 Å². The highest BCUT2D eigenvalue weighted by Gasteiger charge is 2.08. The number of unbranched alkanes of at least 4 members (excludes halogenated alkanes) is 2. The molecule has 0 saturated heterocycles. The van der Waals surface area contributed by atoms with E-state index in [0.717, 1.165) is 38.5 Å². The molecule has 0 amide bonds. The van der Waals surface area contributed by atoms with Gasteiger partial charge in [0.2, 0.25) is 0 Å². The summed E-state index contributed by atoms with van der Waals surface area (Å²) in [5.41, 5.74) is -0.500. The van der Waals surface area contributed by atoms with Crippen LogP contribution < -0.4 is 0 Å². The summed E-state index contributed by atoms with van der Waals surface area (Å²) in [5.74, 6) is 0. The van der Waals surface area contributed by atoms with Crippen molar-refractivity contribution in [2.24, 2.45) is 0 Å². The topological polar surface area (TPSA) is 18.5 Å². The summed E-state index contributed by atoms with van der Waals surface area (Å²) < 4.78 is 10.5. The minimum absolute atomic E-state index is 0.190. The number of hydrogen-bond acceptors (Lipinski definition) is 2. The molecule has 2 atom stereocenters. The molecular formula is C10H21BCl2O2. The minimum Gasteiger partial charge on any atom is -0.397 e. The lowest BCUT2D eigenvalue weighted by atomic mass is 10.2. The van der Waals surface area contributed by atoms with E-state index in [9.17, 15) is 0 Å². The summed E-state index contributed by atoms with van der Waals surface area (Å²) >= 11 is 11.8. The van der Waals surface area contributed by atoms with Gasteiger partial charge in [0.25, 0.3) is 0 Å². The van der Waals surface area contributed by atoms with Gasteiger partial charge in [-0.2, -0.15) is 0 Å². The summed E-state index contributed by atoms with van der Waals surface area (Å²) in [4.78, 5) is 0. The second-order valence-electron chi connectivity index (χ2n) is 3.56. The molecule has 0 rings (SSSR count). The van der Waals surface area contributed by atoms with E-state index in [1.165, 1.54) is 0 Å². The second-order valence-corrected chi connectivity index (χ2v) is 4.53. The molecule has 2 nitrogen and oxygen atoms in total. The van der Waals surface area contributed by atoms with Crippen molar-refractivity contribution < 1.29 is 9.31 Å². The van der Waals surface area contributed by atoms with Crippen LogP contribution in [0.2, 0.25) is 0 Å². The molecule has 0 bridgehead atoms. The third kappa shape index (κ3) is 10.8. The first-order valence-electron chi connectivity index (χ1n) is 5.72. The van der Waals surface area contributed by atoms with Gasteiger partial charge in [-0.25, -0.2) is 0 Å². The lowest BCUT2D eigenvalue weighted by Crippen LogP contribution is -2.16. The lowest BCUT2D eigenvalue weighted by Gasteiger charge is -2.13. The van der Waals surface area contributed by atoms with Crippen LogP contribution in [0.3, 0.4) is 0 Å². The van der Waals surface area contributed by atoms with Crippen molar-refractivity contribution in [1.82, 2.24) is 0 Å². The molecule has 0 aromatic heterocycles. The molecule has 0 heterocycles. The number of alkyl halides is 2. The zero-order valence-electron chi connectivity index (χ0n) is 9.68. The summed E-state index contributed by atoms with van der Waals surface area (Å²) in [6.45, 7) is 4.25. The molecule has 15 heavy (non-hydrogen) atoms. The van der Waals surface area contributed by atoms with Crippen molar-refractivity contribution in [3.63, 3.8) is 0 Å². The Morgan fingerprint density at radius 2 is 1.33 bits per heavy atom. The molecule has 0 aliphatic rings. The van der Waals surface area contributed by atoms with E-state index in [1.807, 2.05) is 0 Å². The molecule has 0 aromatic rings. The van der Waals surface area contributed by atoms with Gasteiger partial charge < -0.3 is 9.31 Å². The quantitative estimate of drug-likeness (QED) is 0.436. The largest absolute Gasteiger partial charge is 0.440 e. The van der Waals surface area contributed by atoms with Gasteiger partial charge >= 0.3 is 7.69 Å². The maximum atomic E-state index is 5.90. The van der Waals surface area contributed by atoms with Crippen LogP contribution in [0.5, 0.6) is 0 Å². The molecular weight excluding hydrogens is 234 g/mol. The monoisotopic (exact) mass is 254 g/mol. The molecule has 0 fully saturated rings. The van der Waals surface area contributed by atoms with Crippen molar-refractivity contribution in [2.75, 3.05) is 0 Å². The van der Waals surface area contributed by atoms with Crippen LogP contribution in [-0.4, -0.2) is 18.8 Å². The first-order chi connectivity index (χ1) is 7.20.